The molecule has 4 rings (SSSR count). The van der Waals surface area contributed by atoms with Crippen molar-refractivity contribution in [1.82, 2.24) is 5.32 Å². The second-order valence-corrected chi connectivity index (χ2v) is 8.95. The Morgan fingerprint density at radius 3 is 2.26 bits per heavy atom. The number of nitrogens with one attached hydrogen (secondary N) is 1. The number of benzene rings is 3. The lowest BCUT2D eigenvalue weighted by Crippen LogP contribution is -2.43. The number of fused-ring (bicyclic) bond motifs is 3. The van der Waals surface area contributed by atoms with Crippen molar-refractivity contribution in [3.63, 3.8) is 0 Å². The third-order valence-electron chi connectivity index (χ3n) is 5.37. The molecule has 0 aromatic heterocycles. The molecule has 5 nitrogen and oxygen atoms in total. The number of hydrogen-bond donors (Lipinski definition) is 2. The molecule has 0 fully saturated rings. The average molecular weight is 548 g/mol. The van der Waals surface area contributed by atoms with Crippen LogP contribution in [-0.4, -0.2) is 29.8 Å². The number of halogens is 2. The van der Waals surface area contributed by atoms with E-state index in [-0.39, 0.29) is 18.9 Å². The lowest BCUT2D eigenvalue weighted by atomic mass is 9.98. The van der Waals surface area contributed by atoms with Crippen LogP contribution in [0.25, 0.3) is 11.1 Å². The third-order valence-corrected chi connectivity index (χ3v) is 6.41. The predicted molar refractivity (Wildman–Crippen MR) is 128 cm³/mol. The van der Waals surface area contributed by atoms with E-state index in [4.69, 9.17) is 16.3 Å². The van der Waals surface area contributed by atoms with E-state index < -0.39 is 18.1 Å². The summed E-state index contributed by atoms with van der Waals surface area (Å²) in [4.78, 5) is 24.2. The van der Waals surface area contributed by atoms with Crippen LogP contribution in [0.4, 0.5) is 4.79 Å². The van der Waals surface area contributed by atoms with Crippen molar-refractivity contribution >= 4 is 46.3 Å². The highest BCUT2D eigenvalue weighted by molar-refractivity contribution is 14.1. The van der Waals surface area contributed by atoms with Gasteiger partial charge in [0.05, 0.1) is 0 Å². The van der Waals surface area contributed by atoms with Gasteiger partial charge in [-0.1, -0.05) is 60.1 Å². The summed E-state index contributed by atoms with van der Waals surface area (Å²) in [6.07, 6.45) is -0.703. The van der Waals surface area contributed by atoms with Crippen molar-refractivity contribution in [3.05, 3.63) is 92.0 Å². The van der Waals surface area contributed by atoms with E-state index in [0.29, 0.717) is 10.6 Å². The molecule has 31 heavy (non-hydrogen) atoms. The van der Waals surface area contributed by atoms with E-state index in [1.54, 1.807) is 12.1 Å². The van der Waals surface area contributed by atoms with Gasteiger partial charge in [0.2, 0.25) is 0 Å². The third kappa shape index (κ3) is 4.70. The largest absolute Gasteiger partial charge is 0.480 e. The van der Waals surface area contributed by atoms with E-state index in [9.17, 15) is 14.7 Å². The molecule has 1 unspecified atom stereocenters. The first-order chi connectivity index (χ1) is 14.9. The summed E-state index contributed by atoms with van der Waals surface area (Å²) in [5.74, 6) is -1.24. The normalized spacial score (nSPS) is 13.2. The fraction of sp³-hybridized carbons (Fsp3) is 0.167. The number of carboxylic acid groups (broad SMARTS) is 1. The number of hydrogen-bond acceptors (Lipinski definition) is 3. The van der Waals surface area contributed by atoms with E-state index in [1.165, 1.54) is 0 Å². The second kappa shape index (κ2) is 9.28. The predicted octanol–water partition coefficient (Wildman–Crippen LogP) is 5.48. The molecule has 3 aromatic carbocycles. The molecule has 0 saturated heterocycles. The maximum atomic E-state index is 12.4. The van der Waals surface area contributed by atoms with Gasteiger partial charge in [0, 0.05) is 20.9 Å². The topological polar surface area (TPSA) is 75.6 Å². The molecule has 0 radical (unpaired) electrons. The van der Waals surface area contributed by atoms with Gasteiger partial charge in [0.1, 0.15) is 12.6 Å². The van der Waals surface area contributed by atoms with Crippen molar-refractivity contribution in [2.75, 3.05) is 6.61 Å². The minimum Gasteiger partial charge on any atom is -0.480 e. The standard InChI is InChI=1S/C24H19ClINO4/c25-21-10-9-15(26)11-14(21)12-22(23(28)29)27-24(30)31-13-20-18-7-3-1-5-16(18)17-6-2-4-8-19(17)20/h1-11,20,22H,12-13H2,(H,27,30)(H,28,29). The monoisotopic (exact) mass is 547 g/mol. The summed E-state index contributed by atoms with van der Waals surface area (Å²) < 4.78 is 6.40. The maximum absolute atomic E-state index is 12.4. The summed E-state index contributed by atoms with van der Waals surface area (Å²) in [6.45, 7) is 0.121. The molecule has 0 aliphatic heterocycles. The first kappa shape index (κ1) is 21.6. The van der Waals surface area contributed by atoms with Crippen molar-refractivity contribution in [2.24, 2.45) is 0 Å². The highest BCUT2D eigenvalue weighted by Gasteiger charge is 2.30. The van der Waals surface area contributed by atoms with Crippen LogP contribution in [0.3, 0.4) is 0 Å². The second-order valence-electron chi connectivity index (χ2n) is 7.30. The Balaban J connectivity index is 1.45. The molecule has 2 N–H and O–H groups in total. The van der Waals surface area contributed by atoms with Crippen LogP contribution in [0, 0.1) is 3.57 Å². The number of ether oxygens (including phenoxy) is 1. The molecule has 0 bridgehead atoms. The molecule has 1 aliphatic carbocycles. The molecule has 0 heterocycles. The molecular formula is C24H19ClINO4. The van der Waals surface area contributed by atoms with Crippen molar-refractivity contribution in [3.8, 4) is 11.1 Å². The number of aliphatic carboxylic acids is 1. The van der Waals surface area contributed by atoms with Gasteiger partial charge in [-0.05, 0) is 68.6 Å². The first-order valence-electron chi connectivity index (χ1n) is 9.72. The smallest absolute Gasteiger partial charge is 0.407 e. The van der Waals surface area contributed by atoms with Crippen LogP contribution in [0.5, 0.6) is 0 Å². The van der Waals surface area contributed by atoms with Crippen LogP contribution >= 0.6 is 34.2 Å². The van der Waals surface area contributed by atoms with Gasteiger partial charge >= 0.3 is 12.1 Å². The number of carboxylic acids is 1. The number of rotatable bonds is 6. The molecule has 1 amide bonds. The summed E-state index contributed by atoms with van der Waals surface area (Å²) in [5.41, 5.74) is 5.10. The van der Waals surface area contributed by atoms with Gasteiger partial charge in [-0.2, -0.15) is 0 Å². The Hall–Kier alpha value is -2.58. The van der Waals surface area contributed by atoms with Crippen LogP contribution in [-0.2, 0) is 16.0 Å². The minimum atomic E-state index is -1.15. The van der Waals surface area contributed by atoms with E-state index in [2.05, 4.69) is 40.0 Å². The fourth-order valence-electron chi connectivity index (χ4n) is 3.90. The van der Waals surface area contributed by atoms with Gasteiger partial charge in [0.25, 0.3) is 0 Å². The molecule has 7 heteroatoms. The average Bonchev–Trinajstić information content (AvgIpc) is 3.08. The van der Waals surface area contributed by atoms with Crippen LogP contribution in [0.15, 0.2) is 66.7 Å². The van der Waals surface area contributed by atoms with E-state index in [1.807, 2.05) is 42.5 Å². The van der Waals surface area contributed by atoms with Crippen molar-refractivity contribution in [1.29, 1.82) is 0 Å². The van der Waals surface area contributed by atoms with Crippen LogP contribution in [0.2, 0.25) is 5.02 Å². The van der Waals surface area contributed by atoms with E-state index >= 15 is 0 Å². The zero-order valence-corrected chi connectivity index (χ0v) is 19.3. The Bertz CT molecular complexity index is 1100. The van der Waals surface area contributed by atoms with Gasteiger partial charge in [-0.3, -0.25) is 0 Å². The quantitative estimate of drug-likeness (QED) is 0.401. The number of carbonyl (C=O) groups is 2. The minimum absolute atomic E-state index is 0.0647. The highest BCUT2D eigenvalue weighted by Crippen LogP contribution is 2.44. The van der Waals surface area contributed by atoms with Crippen molar-refractivity contribution < 1.29 is 19.4 Å². The summed E-state index contributed by atoms with van der Waals surface area (Å²) in [6, 6.07) is 20.3. The first-order valence-corrected chi connectivity index (χ1v) is 11.2. The lowest BCUT2D eigenvalue weighted by molar-refractivity contribution is -0.139. The fourth-order valence-corrected chi connectivity index (χ4v) is 4.65. The summed E-state index contributed by atoms with van der Waals surface area (Å²) in [7, 11) is 0. The number of amides is 1. The number of alkyl carbamates (subject to hydrolysis) is 1. The van der Waals surface area contributed by atoms with Gasteiger partial charge < -0.3 is 15.2 Å². The summed E-state index contributed by atoms with van der Waals surface area (Å²) in [5, 5.41) is 12.5. The zero-order valence-electron chi connectivity index (χ0n) is 16.3. The Morgan fingerprint density at radius 1 is 1.03 bits per heavy atom. The van der Waals surface area contributed by atoms with Crippen LogP contribution < -0.4 is 5.32 Å². The number of carbonyl (C=O) groups excluding carboxylic acids is 1. The molecule has 1 aliphatic rings. The Morgan fingerprint density at radius 2 is 1.65 bits per heavy atom. The Labute approximate surface area is 198 Å². The van der Waals surface area contributed by atoms with Crippen molar-refractivity contribution in [2.45, 2.75) is 18.4 Å². The maximum Gasteiger partial charge on any atom is 0.407 e. The molecule has 0 saturated carbocycles. The lowest BCUT2D eigenvalue weighted by Gasteiger charge is -2.18. The van der Waals surface area contributed by atoms with Gasteiger partial charge in [0.15, 0.2) is 0 Å². The van der Waals surface area contributed by atoms with E-state index in [0.717, 1.165) is 25.8 Å². The summed E-state index contributed by atoms with van der Waals surface area (Å²) >= 11 is 8.31. The molecular weight excluding hydrogens is 529 g/mol. The molecule has 158 valence electrons. The molecule has 3 aromatic rings. The van der Waals surface area contributed by atoms with Gasteiger partial charge in [-0.15, -0.1) is 0 Å². The Kier molecular flexibility index (Phi) is 6.48. The highest BCUT2D eigenvalue weighted by atomic mass is 127. The molecule has 1 atom stereocenters. The zero-order chi connectivity index (χ0) is 22.0. The van der Waals surface area contributed by atoms with Gasteiger partial charge in [-0.25, -0.2) is 9.59 Å². The van der Waals surface area contributed by atoms with Crippen LogP contribution in [0.1, 0.15) is 22.6 Å². The molecule has 0 spiro atoms. The SMILES string of the molecule is O=C(NC(Cc1cc(I)ccc1Cl)C(=O)O)OCC1c2ccccc2-c2ccccc21.